The van der Waals surface area contributed by atoms with Crippen molar-refractivity contribution in [2.24, 2.45) is 0 Å². The van der Waals surface area contributed by atoms with E-state index in [-0.39, 0.29) is 0 Å². The standard InChI is InChI=1S/C56H39N/c1-3-12-40(13-4-1)49-30-37-55(43-15-5-2-6-16-43)56(39-49)46-28-35-52(36-29-46)57(50-31-24-42(25-32-50)48-23-22-41-14-7-8-18-47(41)38-48)51-33-26-45(27-34-51)54-21-11-19-44-17-9-10-20-53(44)54/h1-39H. The SMILES string of the molecule is c1ccc(-c2ccc(-c3ccccc3)c(-c3ccc(N(c4ccc(-c5ccc6ccccc6c5)cc4)c4ccc(-c5cccc6ccccc56)cc4)cc3)c2)cc1. The van der Waals surface area contributed by atoms with Crippen molar-refractivity contribution in [1.29, 1.82) is 0 Å². The monoisotopic (exact) mass is 725 g/mol. The van der Waals surface area contributed by atoms with Gasteiger partial charge >= 0.3 is 0 Å². The Hall–Kier alpha value is -7.48. The molecule has 10 rings (SSSR count). The van der Waals surface area contributed by atoms with Gasteiger partial charge in [0.2, 0.25) is 0 Å². The lowest BCUT2D eigenvalue weighted by Gasteiger charge is -2.26. The van der Waals surface area contributed by atoms with Crippen LogP contribution in [0.15, 0.2) is 237 Å². The zero-order chi connectivity index (χ0) is 38.0. The third-order valence-electron chi connectivity index (χ3n) is 11.1. The highest BCUT2D eigenvalue weighted by molar-refractivity contribution is 5.97. The van der Waals surface area contributed by atoms with Crippen LogP contribution >= 0.6 is 0 Å². The van der Waals surface area contributed by atoms with Gasteiger partial charge in [0.25, 0.3) is 0 Å². The minimum absolute atomic E-state index is 1.09. The lowest BCUT2D eigenvalue weighted by molar-refractivity contribution is 1.28. The van der Waals surface area contributed by atoms with Crippen molar-refractivity contribution < 1.29 is 0 Å². The molecule has 0 atom stereocenters. The molecule has 0 aliphatic heterocycles. The van der Waals surface area contributed by atoms with Crippen molar-refractivity contribution in [3.63, 3.8) is 0 Å². The average molecular weight is 726 g/mol. The van der Waals surface area contributed by atoms with E-state index < -0.39 is 0 Å². The van der Waals surface area contributed by atoms with Gasteiger partial charge in [-0.05, 0) is 126 Å². The molecular weight excluding hydrogens is 687 g/mol. The third-order valence-corrected chi connectivity index (χ3v) is 11.1. The molecule has 0 N–H and O–H groups in total. The molecule has 0 unspecified atom stereocenters. The molecule has 10 aromatic carbocycles. The summed E-state index contributed by atoms with van der Waals surface area (Å²) in [7, 11) is 0. The van der Waals surface area contributed by atoms with E-state index in [1.54, 1.807) is 0 Å². The van der Waals surface area contributed by atoms with E-state index in [1.807, 2.05) is 0 Å². The van der Waals surface area contributed by atoms with E-state index in [9.17, 15) is 0 Å². The van der Waals surface area contributed by atoms with E-state index >= 15 is 0 Å². The van der Waals surface area contributed by atoms with Gasteiger partial charge in [0.05, 0.1) is 0 Å². The average Bonchev–Trinajstić information content (AvgIpc) is 3.30. The van der Waals surface area contributed by atoms with E-state index in [0.29, 0.717) is 0 Å². The topological polar surface area (TPSA) is 3.24 Å². The zero-order valence-electron chi connectivity index (χ0n) is 31.5. The van der Waals surface area contributed by atoms with Gasteiger partial charge in [-0.25, -0.2) is 0 Å². The molecule has 0 saturated heterocycles. The Morgan fingerprint density at radius 1 is 0.211 bits per heavy atom. The van der Waals surface area contributed by atoms with Crippen LogP contribution in [0.1, 0.15) is 0 Å². The number of hydrogen-bond acceptors (Lipinski definition) is 1. The summed E-state index contributed by atoms with van der Waals surface area (Å²) in [4.78, 5) is 2.36. The highest BCUT2D eigenvalue weighted by Crippen LogP contribution is 2.41. The first-order valence-corrected chi connectivity index (χ1v) is 19.6. The zero-order valence-corrected chi connectivity index (χ0v) is 31.5. The van der Waals surface area contributed by atoms with E-state index in [4.69, 9.17) is 0 Å². The number of hydrogen-bond donors (Lipinski definition) is 0. The molecule has 0 fully saturated rings. The molecule has 1 heteroatoms. The van der Waals surface area contributed by atoms with Crippen molar-refractivity contribution >= 4 is 38.6 Å². The molecule has 1 nitrogen and oxygen atoms in total. The van der Waals surface area contributed by atoms with Gasteiger partial charge in [-0.2, -0.15) is 0 Å². The molecule has 0 aliphatic rings. The molecule has 0 aromatic heterocycles. The van der Waals surface area contributed by atoms with Crippen LogP contribution in [-0.2, 0) is 0 Å². The van der Waals surface area contributed by atoms with Gasteiger partial charge < -0.3 is 4.90 Å². The smallest absolute Gasteiger partial charge is 0.0462 e. The van der Waals surface area contributed by atoms with Crippen LogP contribution in [0.25, 0.3) is 77.2 Å². The van der Waals surface area contributed by atoms with Gasteiger partial charge in [0.15, 0.2) is 0 Å². The van der Waals surface area contributed by atoms with E-state index in [1.165, 1.54) is 77.2 Å². The number of benzene rings is 10. The fourth-order valence-electron chi connectivity index (χ4n) is 8.14. The van der Waals surface area contributed by atoms with E-state index in [2.05, 4.69) is 241 Å². The van der Waals surface area contributed by atoms with Crippen LogP contribution < -0.4 is 4.90 Å². The lowest BCUT2D eigenvalue weighted by Crippen LogP contribution is -2.09. The predicted octanol–water partition coefficient (Wildman–Crippen LogP) is 15.8. The van der Waals surface area contributed by atoms with Gasteiger partial charge in [0.1, 0.15) is 0 Å². The fraction of sp³-hybridized carbons (Fsp3) is 0. The molecule has 57 heavy (non-hydrogen) atoms. The number of anilines is 3. The van der Waals surface area contributed by atoms with Crippen molar-refractivity contribution in [1.82, 2.24) is 0 Å². The quantitative estimate of drug-likeness (QED) is 0.151. The summed E-state index contributed by atoms with van der Waals surface area (Å²) in [5, 5.41) is 5.01. The van der Waals surface area contributed by atoms with Crippen LogP contribution in [0.2, 0.25) is 0 Å². The largest absolute Gasteiger partial charge is 0.311 e. The Morgan fingerprint density at radius 2 is 0.649 bits per heavy atom. The molecule has 10 aromatic rings. The number of rotatable bonds is 8. The Kier molecular flexibility index (Phi) is 8.95. The van der Waals surface area contributed by atoms with Gasteiger partial charge in [-0.15, -0.1) is 0 Å². The third kappa shape index (κ3) is 6.77. The second-order valence-corrected chi connectivity index (χ2v) is 14.6. The van der Waals surface area contributed by atoms with Crippen molar-refractivity contribution in [2.75, 3.05) is 4.90 Å². The molecule has 0 amide bonds. The number of fused-ring (bicyclic) bond motifs is 2. The molecule has 0 spiro atoms. The Bertz CT molecular complexity index is 2960. The first kappa shape index (κ1) is 34.0. The highest BCUT2D eigenvalue weighted by Gasteiger charge is 2.16. The maximum Gasteiger partial charge on any atom is 0.0462 e. The summed E-state index contributed by atoms with van der Waals surface area (Å²) < 4.78 is 0. The minimum atomic E-state index is 1.09. The fourth-order valence-corrected chi connectivity index (χ4v) is 8.14. The van der Waals surface area contributed by atoms with Gasteiger partial charge in [-0.1, -0.05) is 188 Å². The molecule has 0 radical (unpaired) electrons. The van der Waals surface area contributed by atoms with Crippen LogP contribution in [0.5, 0.6) is 0 Å². The molecular formula is C56H39N. The predicted molar refractivity (Wildman–Crippen MR) is 243 cm³/mol. The maximum atomic E-state index is 2.36. The van der Waals surface area contributed by atoms with Crippen molar-refractivity contribution in [2.45, 2.75) is 0 Å². The molecule has 0 aliphatic carbocycles. The van der Waals surface area contributed by atoms with Crippen LogP contribution in [0.3, 0.4) is 0 Å². The second-order valence-electron chi connectivity index (χ2n) is 14.6. The first-order chi connectivity index (χ1) is 28.2. The molecule has 0 heterocycles. The molecule has 0 saturated carbocycles. The molecule has 0 bridgehead atoms. The van der Waals surface area contributed by atoms with Crippen LogP contribution in [0, 0.1) is 0 Å². The summed E-state index contributed by atoms with van der Waals surface area (Å²) in [5.41, 5.74) is 15.3. The normalized spacial score (nSPS) is 11.2. The Balaban J connectivity index is 1.06. The second kappa shape index (κ2) is 15.0. The summed E-state index contributed by atoms with van der Waals surface area (Å²) in [6, 6.07) is 85.6. The first-order valence-electron chi connectivity index (χ1n) is 19.6. The Labute approximate surface area is 334 Å². The summed E-state index contributed by atoms with van der Waals surface area (Å²) in [6.07, 6.45) is 0. The van der Waals surface area contributed by atoms with Gasteiger partial charge in [-0.3, -0.25) is 0 Å². The molecule has 268 valence electrons. The van der Waals surface area contributed by atoms with Gasteiger partial charge in [0, 0.05) is 17.1 Å². The minimum Gasteiger partial charge on any atom is -0.311 e. The summed E-state index contributed by atoms with van der Waals surface area (Å²) >= 11 is 0. The summed E-state index contributed by atoms with van der Waals surface area (Å²) in [6.45, 7) is 0. The summed E-state index contributed by atoms with van der Waals surface area (Å²) in [5.74, 6) is 0. The van der Waals surface area contributed by atoms with E-state index in [0.717, 1.165) is 17.1 Å². The highest BCUT2D eigenvalue weighted by atomic mass is 15.1. The van der Waals surface area contributed by atoms with Crippen LogP contribution in [-0.4, -0.2) is 0 Å². The van der Waals surface area contributed by atoms with Crippen molar-refractivity contribution in [3.8, 4) is 55.6 Å². The van der Waals surface area contributed by atoms with Crippen LogP contribution in [0.4, 0.5) is 17.1 Å². The lowest BCUT2D eigenvalue weighted by atomic mass is 9.91. The number of nitrogens with zero attached hydrogens (tertiary/aromatic N) is 1. The maximum absolute atomic E-state index is 2.36. The Morgan fingerprint density at radius 3 is 1.32 bits per heavy atom. The van der Waals surface area contributed by atoms with Crippen molar-refractivity contribution in [3.05, 3.63) is 237 Å².